The minimum Gasteiger partial charge on any atom is -0.330 e. The van der Waals surface area contributed by atoms with E-state index in [0.29, 0.717) is 12.6 Å². The van der Waals surface area contributed by atoms with Crippen LogP contribution >= 0.6 is 12.4 Å². The van der Waals surface area contributed by atoms with Crippen LogP contribution in [0.5, 0.6) is 0 Å². The molecule has 4 nitrogen and oxygen atoms in total. The van der Waals surface area contributed by atoms with Crippen LogP contribution in [0.3, 0.4) is 0 Å². The van der Waals surface area contributed by atoms with Gasteiger partial charge < -0.3 is 5.73 Å². The first kappa shape index (κ1) is 13.4. The normalized spacial score (nSPS) is 20.8. The Labute approximate surface area is 103 Å². The summed E-state index contributed by atoms with van der Waals surface area (Å²) in [5.74, 6) is 0.849. The van der Waals surface area contributed by atoms with Crippen LogP contribution in [0, 0.1) is 0 Å². The van der Waals surface area contributed by atoms with Gasteiger partial charge in [-0.05, 0) is 33.0 Å². The molecule has 1 aliphatic heterocycles. The Hall–Kier alpha value is -0.710. The molecule has 16 heavy (non-hydrogen) atoms. The molecule has 0 aromatic carbocycles. The molecule has 1 aromatic heterocycles. The number of rotatable bonds is 3. The van der Waals surface area contributed by atoms with E-state index in [1.807, 2.05) is 12.4 Å². The van der Waals surface area contributed by atoms with E-state index in [0.717, 1.165) is 12.2 Å². The molecule has 90 valence electrons. The van der Waals surface area contributed by atoms with E-state index in [1.54, 1.807) is 0 Å². The fraction of sp³-hybridized carbons (Fsp3) is 0.636. The van der Waals surface area contributed by atoms with Crippen LogP contribution in [0.2, 0.25) is 0 Å². The zero-order valence-electron chi connectivity index (χ0n) is 9.59. The maximum atomic E-state index is 5.45. The van der Waals surface area contributed by atoms with Crippen molar-refractivity contribution in [3.05, 3.63) is 23.8 Å². The van der Waals surface area contributed by atoms with Crippen LogP contribution < -0.4 is 5.73 Å². The first-order chi connectivity index (χ1) is 7.31. The lowest BCUT2D eigenvalue weighted by molar-refractivity contribution is 0.316. The molecule has 0 radical (unpaired) electrons. The van der Waals surface area contributed by atoms with Gasteiger partial charge in [-0.25, -0.2) is 9.97 Å². The topological polar surface area (TPSA) is 55.0 Å². The number of nitrogens with zero attached hydrogens (tertiary/aromatic N) is 3. The number of hydrogen-bond acceptors (Lipinski definition) is 4. The first-order valence-corrected chi connectivity index (χ1v) is 5.52. The lowest BCUT2D eigenvalue weighted by Gasteiger charge is -2.18. The minimum atomic E-state index is 0. The van der Waals surface area contributed by atoms with Crippen molar-refractivity contribution in [2.75, 3.05) is 20.1 Å². The van der Waals surface area contributed by atoms with Crippen molar-refractivity contribution in [1.82, 2.24) is 14.9 Å². The van der Waals surface area contributed by atoms with Gasteiger partial charge in [-0.1, -0.05) is 0 Å². The summed E-state index contributed by atoms with van der Waals surface area (Å²) in [5, 5.41) is 0. The molecule has 0 spiro atoms. The molecule has 1 unspecified atom stereocenters. The Kier molecular flexibility index (Phi) is 5.12. The summed E-state index contributed by atoms with van der Waals surface area (Å²) in [6, 6.07) is 0.511. The standard InChI is InChI=1S/C11H18N4.ClH/c1-15-6-2-3-10(15)9-7-13-11(4-5-12)14-8-9;/h7-8,10H,2-6,12H2,1H3;1H. The van der Waals surface area contributed by atoms with Gasteiger partial charge >= 0.3 is 0 Å². The number of aromatic nitrogens is 2. The molecular formula is C11H19ClN4. The molecule has 2 N–H and O–H groups in total. The van der Waals surface area contributed by atoms with Gasteiger partial charge in [0.15, 0.2) is 0 Å². The molecule has 0 saturated carbocycles. The number of nitrogens with two attached hydrogens (primary N) is 1. The van der Waals surface area contributed by atoms with Crippen molar-refractivity contribution < 1.29 is 0 Å². The highest BCUT2D eigenvalue weighted by atomic mass is 35.5. The molecule has 5 heteroatoms. The lowest BCUT2D eigenvalue weighted by atomic mass is 10.1. The minimum absolute atomic E-state index is 0. The highest BCUT2D eigenvalue weighted by Crippen LogP contribution is 2.29. The van der Waals surface area contributed by atoms with Crippen molar-refractivity contribution in [1.29, 1.82) is 0 Å². The Morgan fingerprint density at radius 3 is 2.62 bits per heavy atom. The van der Waals surface area contributed by atoms with Gasteiger partial charge in [-0.3, -0.25) is 4.90 Å². The summed E-state index contributed by atoms with van der Waals surface area (Å²) in [6.45, 7) is 1.79. The molecule has 0 aliphatic carbocycles. The van der Waals surface area contributed by atoms with Crippen LogP contribution in [-0.2, 0) is 6.42 Å². The number of hydrogen-bond donors (Lipinski definition) is 1. The zero-order valence-corrected chi connectivity index (χ0v) is 10.4. The van der Waals surface area contributed by atoms with Crippen molar-refractivity contribution in [2.24, 2.45) is 5.73 Å². The summed E-state index contributed by atoms with van der Waals surface area (Å²) in [5.41, 5.74) is 6.69. The average Bonchev–Trinajstić information content (AvgIpc) is 2.66. The van der Waals surface area contributed by atoms with Crippen molar-refractivity contribution in [3.8, 4) is 0 Å². The third-order valence-corrected chi connectivity index (χ3v) is 3.00. The van der Waals surface area contributed by atoms with Gasteiger partial charge in [0.1, 0.15) is 5.82 Å². The van der Waals surface area contributed by atoms with E-state index in [4.69, 9.17) is 5.73 Å². The molecule has 0 bridgehead atoms. The SMILES string of the molecule is CN1CCCC1c1cnc(CCN)nc1.Cl. The third-order valence-electron chi connectivity index (χ3n) is 3.00. The molecule has 1 fully saturated rings. The van der Waals surface area contributed by atoms with Crippen molar-refractivity contribution in [3.63, 3.8) is 0 Å². The van der Waals surface area contributed by atoms with Gasteiger partial charge in [0.05, 0.1) is 0 Å². The Balaban J connectivity index is 0.00000128. The Bertz CT molecular complexity index is 314. The van der Waals surface area contributed by atoms with Gasteiger partial charge in [0, 0.05) is 30.4 Å². The number of likely N-dealkylation sites (tertiary alicyclic amines) is 1. The molecule has 1 atom stereocenters. The van der Waals surface area contributed by atoms with Crippen LogP contribution in [0.4, 0.5) is 0 Å². The van der Waals surface area contributed by atoms with E-state index in [-0.39, 0.29) is 12.4 Å². The van der Waals surface area contributed by atoms with Gasteiger partial charge in [0.25, 0.3) is 0 Å². The highest BCUT2D eigenvalue weighted by molar-refractivity contribution is 5.85. The van der Waals surface area contributed by atoms with E-state index < -0.39 is 0 Å². The molecule has 1 aliphatic rings. The Morgan fingerprint density at radius 1 is 1.44 bits per heavy atom. The summed E-state index contributed by atoms with van der Waals surface area (Å²) >= 11 is 0. The summed E-state index contributed by atoms with van der Waals surface area (Å²) in [6.07, 6.45) is 7.15. The molecule has 2 rings (SSSR count). The summed E-state index contributed by atoms with van der Waals surface area (Å²) < 4.78 is 0. The van der Waals surface area contributed by atoms with Crippen LogP contribution in [-0.4, -0.2) is 35.0 Å². The second-order valence-electron chi connectivity index (χ2n) is 4.11. The summed E-state index contributed by atoms with van der Waals surface area (Å²) in [4.78, 5) is 11.0. The van der Waals surface area contributed by atoms with Crippen LogP contribution in [0.15, 0.2) is 12.4 Å². The van der Waals surface area contributed by atoms with Crippen molar-refractivity contribution >= 4 is 12.4 Å². The monoisotopic (exact) mass is 242 g/mol. The predicted octanol–water partition coefficient (Wildman–Crippen LogP) is 1.17. The molecule has 1 saturated heterocycles. The van der Waals surface area contributed by atoms with Gasteiger partial charge in [-0.2, -0.15) is 0 Å². The third kappa shape index (κ3) is 2.90. The fourth-order valence-corrected chi connectivity index (χ4v) is 2.13. The number of halogens is 1. The Morgan fingerprint density at radius 2 is 2.12 bits per heavy atom. The van der Waals surface area contributed by atoms with E-state index in [2.05, 4.69) is 21.9 Å². The zero-order chi connectivity index (χ0) is 10.7. The second-order valence-corrected chi connectivity index (χ2v) is 4.11. The van der Waals surface area contributed by atoms with Crippen molar-refractivity contribution in [2.45, 2.75) is 25.3 Å². The second kappa shape index (κ2) is 6.13. The maximum absolute atomic E-state index is 5.45. The fourth-order valence-electron chi connectivity index (χ4n) is 2.13. The predicted molar refractivity (Wildman–Crippen MR) is 66.6 cm³/mol. The quantitative estimate of drug-likeness (QED) is 0.865. The molecular weight excluding hydrogens is 224 g/mol. The molecule has 1 aromatic rings. The lowest BCUT2D eigenvalue weighted by Crippen LogP contribution is -2.18. The van der Waals surface area contributed by atoms with Gasteiger partial charge in [0.2, 0.25) is 0 Å². The molecule has 2 heterocycles. The maximum Gasteiger partial charge on any atom is 0.129 e. The first-order valence-electron chi connectivity index (χ1n) is 5.52. The largest absolute Gasteiger partial charge is 0.330 e. The van der Waals surface area contributed by atoms with E-state index >= 15 is 0 Å². The highest BCUT2D eigenvalue weighted by Gasteiger charge is 2.22. The summed E-state index contributed by atoms with van der Waals surface area (Å²) in [7, 11) is 2.16. The smallest absolute Gasteiger partial charge is 0.129 e. The van der Waals surface area contributed by atoms with Gasteiger partial charge in [-0.15, -0.1) is 12.4 Å². The van der Waals surface area contributed by atoms with E-state index in [9.17, 15) is 0 Å². The average molecular weight is 243 g/mol. The van der Waals surface area contributed by atoms with Crippen LogP contribution in [0.1, 0.15) is 30.3 Å². The van der Waals surface area contributed by atoms with Crippen LogP contribution in [0.25, 0.3) is 0 Å². The molecule has 0 amide bonds. The van der Waals surface area contributed by atoms with E-state index in [1.165, 1.54) is 24.9 Å².